The van der Waals surface area contributed by atoms with Crippen molar-refractivity contribution in [2.45, 2.75) is 37.3 Å². The second-order valence-corrected chi connectivity index (χ2v) is 10.1. The minimum atomic E-state index is -4.93. The minimum absolute atomic E-state index is 0.0226. The first-order valence-corrected chi connectivity index (χ1v) is 12.2. The Morgan fingerprint density at radius 3 is 2.43 bits per heavy atom. The Bertz CT molecular complexity index is 1540. The molecule has 0 radical (unpaired) electrons. The topological polar surface area (TPSA) is 119 Å². The van der Waals surface area contributed by atoms with E-state index in [0.717, 1.165) is 22.8 Å². The summed E-state index contributed by atoms with van der Waals surface area (Å²) in [5.41, 5.74) is -3.59. The van der Waals surface area contributed by atoms with Crippen LogP contribution in [0.3, 0.4) is 0 Å². The number of fused-ring (bicyclic) bond motifs is 1. The van der Waals surface area contributed by atoms with E-state index in [9.17, 15) is 35.8 Å². The van der Waals surface area contributed by atoms with Gasteiger partial charge in [-0.1, -0.05) is 6.07 Å². The van der Waals surface area contributed by atoms with E-state index in [-0.39, 0.29) is 18.7 Å². The van der Waals surface area contributed by atoms with E-state index >= 15 is 4.39 Å². The molecule has 0 spiro atoms. The van der Waals surface area contributed by atoms with Crippen molar-refractivity contribution in [1.29, 1.82) is 4.78 Å². The first-order valence-electron chi connectivity index (χ1n) is 10.5. The molecule has 2 aromatic carbocycles. The molecule has 37 heavy (non-hydrogen) atoms. The fraction of sp³-hybridized carbons (Fsp3) is 0.286. The molecule has 9 nitrogen and oxygen atoms in total. The average molecular weight is 549 g/mol. The lowest BCUT2D eigenvalue weighted by atomic mass is 10.1. The van der Waals surface area contributed by atoms with Crippen LogP contribution in [-0.2, 0) is 16.3 Å². The van der Waals surface area contributed by atoms with Crippen molar-refractivity contribution in [1.82, 2.24) is 14.3 Å². The van der Waals surface area contributed by atoms with E-state index in [1.807, 2.05) is 5.32 Å². The molecule has 0 saturated heterocycles. The van der Waals surface area contributed by atoms with Crippen LogP contribution in [0, 0.1) is 22.2 Å². The third-order valence-corrected chi connectivity index (χ3v) is 7.18. The van der Waals surface area contributed by atoms with E-state index in [4.69, 9.17) is 9.52 Å². The fourth-order valence-electron chi connectivity index (χ4n) is 3.52. The SMILES string of the molecule is C[C@H](Oc1cc(-n2nc3n(c2=O)CCCS3(=N)=O)c(F)cc1C(=O)Nc1c(F)cccc1F)C(F)(F)F. The van der Waals surface area contributed by atoms with Crippen LogP contribution in [0.25, 0.3) is 5.69 Å². The van der Waals surface area contributed by atoms with Crippen LogP contribution in [0.2, 0.25) is 0 Å². The zero-order valence-electron chi connectivity index (χ0n) is 18.7. The van der Waals surface area contributed by atoms with Crippen molar-refractivity contribution in [2.24, 2.45) is 0 Å². The van der Waals surface area contributed by atoms with Gasteiger partial charge in [0.1, 0.15) is 44.3 Å². The predicted octanol–water partition coefficient (Wildman–Crippen LogP) is 3.84. The van der Waals surface area contributed by atoms with Crippen molar-refractivity contribution in [3.8, 4) is 11.4 Å². The first-order chi connectivity index (χ1) is 17.2. The summed E-state index contributed by atoms with van der Waals surface area (Å²) >= 11 is 0. The van der Waals surface area contributed by atoms with Crippen molar-refractivity contribution in [2.75, 3.05) is 11.1 Å². The maximum Gasteiger partial charge on any atom is 0.425 e. The third-order valence-electron chi connectivity index (χ3n) is 5.42. The number of para-hydroxylation sites is 1. The summed E-state index contributed by atoms with van der Waals surface area (Å²) < 4.78 is 109. The molecule has 1 aliphatic heterocycles. The highest BCUT2D eigenvalue weighted by Crippen LogP contribution is 2.32. The van der Waals surface area contributed by atoms with Crippen LogP contribution in [0.4, 0.5) is 32.0 Å². The molecule has 3 aromatic rings. The number of anilines is 1. The van der Waals surface area contributed by atoms with E-state index in [1.165, 1.54) is 0 Å². The molecule has 4 rings (SSSR count). The van der Waals surface area contributed by atoms with Gasteiger partial charge < -0.3 is 10.1 Å². The largest absolute Gasteiger partial charge is 0.480 e. The second kappa shape index (κ2) is 9.24. The summed E-state index contributed by atoms with van der Waals surface area (Å²) in [5.74, 6) is -6.16. The number of carbonyl (C=O) groups is 1. The normalized spacial score (nSPS) is 18.2. The van der Waals surface area contributed by atoms with Gasteiger partial charge in [-0.15, -0.1) is 5.10 Å². The Hall–Kier alpha value is -3.82. The second-order valence-electron chi connectivity index (χ2n) is 8.01. The van der Waals surface area contributed by atoms with Gasteiger partial charge in [0, 0.05) is 18.4 Å². The summed E-state index contributed by atoms with van der Waals surface area (Å²) in [6.45, 7) is 0.618. The smallest absolute Gasteiger partial charge is 0.425 e. The number of alkyl halides is 3. The van der Waals surface area contributed by atoms with E-state index < -0.39 is 78.9 Å². The van der Waals surface area contributed by atoms with Crippen molar-refractivity contribution >= 4 is 21.3 Å². The lowest BCUT2D eigenvalue weighted by Crippen LogP contribution is -2.32. The van der Waals surface area contributed by atoms with Crippen LogP contribution < -0.4 is 15.7 Å². The van der Waals surface area contributed by atoms with Crippen molar-refractivity contribution in [3.63, 3.8) is 0 Å². The monoisotopic (exact) mass is 549 g/mol. The van der Waals surface area contributed by atoms with Crippen LogP contribution in [0.5, 0.6) is 5.75 Å². The number of ether oxygens (including phenoxy) is 1. The highest BCUT2D eigenvalue weighted by Gasteiger charge is 2.39. The van der Waals surface area contributed by atoms with Gasteiger partial charge in [-0.3, -0.25) is 9.36 Å². The van der Waals surface area contributed by atoms with E-state index in [2.05, 4.69) is 5.10 Å². The number of amides is 1. The van der Waals surface area contributed by atoms with Crippen LogP contribution in [0.15, 0.2) is 40.3 Å². The number of hydrogen-bond acceptors (Lipinski definition) is 6. The van der Waals surface area contributed by atoms with Gasteiger partial charge in [0.25, 0.3) is 5.91 Å². The Balaban J connectivity index is 1.85. The molecule has 2 heterocycles. The van der Waals surface area contributed by atoms with Gasteiger partial charge in [0.2, 0.25) is 5.16 Å². The Kier molecular flexibility index (Phi) is 6.56. The number of nitrogens with zero attached hydrogens (tertiary/aromatic N) is 3. The fourth-order valence-corrected chi connectivity index (χ4v) is 4.98. The molecule has 2 N–H and O–H groups in total. The average Bonchev–Trinajstić information content (AvgIpc) is 3.14. The number of halogens is 6. The van der Waals surface area contributed by atoms with Gasteiger partial charge in [0.05, 0.1) is 5.56 Å². The number of benzene rings is 2. The molecule has 0 saturated carbocycles. The lowest BCUT2D eigenvalue weighted by molar-refractivity contribution is -0.189. The van der Waals surface area contributed by atoms with Crippen LogP contribution in [0.1, 0.15) is 23.7 Å². The summed E-state index contributed by atoms with van der Waals surface area (Å²) in [6, 6.07) is 3.61. The molecule has 0 fully saturated rings. The first kappa shape index (κ1) is 26.2. The zero-order chi connectivity index (χ0) is 27.3. The molecule has 1 unspecified atom stereocenters. The Morgan fingerprint density at radius 1 is 1.19 bits per heavy atom. The zero-order valence-corrected chi connectivity index (χ0v) is 19.6. The van der Waals surface area contributed by atoms with Gasteiger partial charge in [-0.2, -0.15) is 17.9 Å². The molecule has 1 amide bonds. The van der Waals surface area contributed by atoms with Crippen LogP contribution in [-0.4, -0.2) is 42.5 Å². The van der Waals surface area contributed by atoms with Gasteiger partial charge in [0.15, 0.2) is 6.10 Å². The Labute approximate surface area is 204 Å². The molecule has 198 valence electrons. The summed E-state index contributed by atoms with van der Waals surface area (Å²) in [7, 11) is -3.48. The maximum atomic E-state index is 15.1. The third kappa shape index (κ3) is 4.92. The quantitative estimate of drug-likeness (QED) is 0.469. The number of hydrogen-bond donors (Lipinski definition) is 2. The molecular weight excluding hydrogens is 532 g/mol. The van der Waals surface area contributed by atoms with Crippen molar-refractivity contribution < 1.29 is 40.1 Å². The van der Waals surface area contributed by atoms with Gasteiger partial charge in [-0.25, -0.2) is 27.0 Å². The molecule has 2 atom stereocenters. The lowest BCUT2D eigenvalue weighted by Gasteiger charge is -2.20. The van der Waals surface area contributed by atoms with Crippen molar-refractivity contribution in [3.05, 3.63) is 63.8 Å². The molecule has 0 aliphatic carbocycles. The van der Waals surface area contributed by atoms with Crippen LogP contribution >= 0.6 is 0 Å². The molecule has 16 heteroatoms. The molecule has 0 bridgehead atoms. The number of nitrogens with one attached hydrogen (secondary N) is 2. The van der Waals surface area contributed by atoms with Gasteiger partial charge in [-0.05, 0) is 31.5 Å². The van der Waals surface area contributed by atoms with E-state index in [1.54, 1.807) is 0 Å². The number of carbonyl (C=O) groups excluding carboxylic acids is 1. The maximum absolute atomic E-state index is 15.1. The molecular formula is C21H17F6N5O4S. The van der Waals surface area contributed by atoms with Gasteiger partial charge >= 0.3 is 11.9 Å². The molecule has 1 aliphatic rings. The Morgan fingerprint density at radius 2 is 1.84 bits per heavy atom. The summed E-state index contributed by atoms with van der Waals surface area (Å²) in [5, 5.41) is 5.14. The highest BCUT2D eigenvalue weighted by atomic mass is 32.2. The molecule has 1 aromatic heterocycles. The number of rotatable bonds is 5. The summed E-state index contributed by atoms with van der Waals surface area (Å²) in [4.78, 5) is 25.5. The number of aromatic nitrogens is 3. The summed E-state index contributed by atoms with van der Waals surface area (Å²) in [6.07, 6.45) is -7.25. The predicted molar refractivity (Wildman–Crippen MR) is 117 cm³/mol. The minimum Gasteiger partial charge on any atom is -0.480 e. The standard InChI is InChI=1S/C21H17F6N5O4S/c1-10(21(25,26)27)36-16-9-15(32-20(34)31-6-3-7-37(28,35)19(31)30-32)14(24)8-11(16)18(33)29-17-12(22)4-2-5-13(17)23/h2,4-5,8-10,28H,3,6-7H2,1H3,(H,29,33)/t10-,37?/m0/s1. The highest BCUT2D eigenvalue weighted by molar-refractivity contribution is 7.92. The van der Waals surface area contributed by atoms with E-state index in [0.29, 0.717) is 23.7 Å².